The van der Waals surface area contributed by atoms with Crippen LogP contribution >= 0.6 is 0 Å². The van der Waals surface area contributed by atoms with E-state index in [4.69, 9.17) is 0 Å². The van der Waals surface area contributed by atoms with Crippen molar-refractivity contribution in [3.8, 4) is 5.75 Å². The van der Waals surface area contributed by atoms with Gasteiger partial charge < -0.3 is 20.3 Å². The zero-order valence-corrected chi connectivity index (χ0v) is 19.3. The highest BCUT2D eigenvalue weighted by molar-refractivity contribution is 6.06. The van der Waals surface area contributed by atoms with Gasteiger partial charge in [-0.3, -0.25) is 9.59 Å². The number of rotatable bonds is 2. The molecule has 2 spiro atoms. The number of aromatic nitrogens is 1. The first-order valence-corrected chi connectivity index (χ1v) is 11.8. The topological polar surface area (TPSA) is 85.4 Å². The number of carbonyl (C=O) groups is 2. The van der Waals surface area contributed by atoms with Crippen LogP contribution in [0, 0.1) is 5.92 Å². The number of aromatic amines is 1. The van der Waals surface area contributed by atoms with E-state index in [2.05, 4.69) is 44.1 Å². The van der Waals surface area contributed by atoms with Gasteiger partial charge in [-0.25, -0.2) is 0 Å². The van der Waals surface area contributed by atoms with Crippen LogP contribution in [-0.4, -0.2) is 44.4 Å². The molecule has 2 bridgehead atoms. The molecule has 5 heterocycles. The zero-order valence-electron chi connectivity index (χ0n) is 19.3. The molecule has 1 aromatic heterocycles. The Bertz CT molecular complexity index is 1230. The second kappa shape index (κ2) is 5.97. The number of amides is 2. The smallest absolute Gasteiger partial charge is 0.249 e. The molecule has 4 saturated heterocycles. The van der Waals surface area contributed by atoms with E-state index in [1.165, 1.54) is 5.57 Å². The number of benzene rings is 1. The van der Waals surface area contributed by atoms with Gasteiger partial charge in [0.2, 0.25) is 11.8 Å². The Labute approximate surface area is 188 Å². The second-order valence-corrected chi connectivity index (χ2v) is 11.1. The summed E-state index contributed by atoms with van der Waals surface area (Å²) in [5, 5.41) is 14.9. The van der Waals surface area contributed by atoms with Gasteiger partial charge in [-0.1, -0.05) is 25.5 Å². The molecule has 168 valence electrons. The monoisotopic (exact) mass is 433 g/mol. The molecule has 2 amide bonds. The molecule has 1 aliphatic carbocycles. The molecular formula is C26H31N3O3. The largest absolute Gasteiger partial charge is 0.508 e. The first kappa shape index (κ1) is 19.9. The van der Waals surface area contributed by atoms with Gasteiger partial charge in [0.05, 0.1) is 5.52 Å². The number of phenols is 1. The third-order valence-electron chi connectivity index (χ3n) is 8.86. The van der Waals surface area contributed by atoms with Crippen LogP contribution in [0.5, 0.6) is 5.75 Å². The van der Waals surface area contributed by atoms with E-state index in [-0.39, 0.29) is 28.9 Å². The van der Waals surface area contributed by atoms with Crippen molar-refractivity contribution < 1.29 is 14.7 Å². The molecule has 2 aromatic rings. The summed E-state index contributed by atoms with van der Waals surface area (Å²) in [4.78, 5) is 32.7. The van der Waals surface area contributed by atoms with Crippen molar-refractivity contribution in [2.24, 2.45) is 5.92 Å². The van der Waals surface area contributed by atoms with Gasteiger partial charge in [0.1, 0.15) is 16.8 Å². The lowest BCUT2D eigenvalue weighted by molar-refractivity contribution is -0.179. The van der Waals surface area contributed by atoms with Crippen LogP contribution in [0.2, 0.25) is 0 Å². The standard InChI is InChI=1S/C26H31N3O3/c1-14(2)6-7-16-18(30)9-8-15-17-12-26-19(24(3,4)21(17)27-20(15)16)13-25(22(31)28-26)10-5-11-29(25)23(26)32/h6,8-9,19,27,30H,5,7,10-13H2,1-4H3,(H,28,31)/t19-,25-,26+/m0/s1. The van der Waals surface area contributed by atoms with Gasteiger partial charge in [0, 0.05) is 40.9 Å². The number of aromatic hydroxyl groups is 1. The van der Waals surface area contributed by atoms with E-state index in [0.29, 0.717) is 19.4 Å². The first-order chi connectivity index (χ1) is 15.1. The van der Waals surface area contributed by atoms with Crippen LogP contribution in [0.1, 0.15) is 63.8 Å². The third kappa shape index (κ3) is 2.16. The lowest BCUT2D eigenvalue weighted by atomic mass is 9.51. The lowest BCUT2D eigenvalue weighted by Gasteiger charge is -2.64. The maximum absolute atomic E-state index is 13.9. The Morgan fingerprint density at radius 3 is 2.81 bits per heavy atom. The average Bonchev–Trinajstić information content (AvgIpc) is 3.32. The molecule has 0 unspecified atom stereocenters. The number of allylic oxidation sites excluding steroid dienone is 2. The normalized spacial score (nSPS) is 31.9. The zero-order chi connectivity index (χ0) is 22.6. The molecule has 3 atom stereocenters. The summed E-state index contributed by atoms with van der Waals surface area (Å²) in [5.41, 5.74) is 3.40. The van der Waals surface area contributed by atoms with Crippen molar-refractivity contribution in [3.05, 3.63) is 40.6 Å². The Balaban J connectivity index is 1.57. The quantitative estimate of drug-likeness (QED) is 0.634. The number of piperazine rings is 1. The number of carbonyl (C=O) groups excluding carboxylic acids is 2. The van der Waals surface area contributed by atoms with Crippen molar-refractivity contribution in [1.82, 2.24) is 15.2 Å². The molecule has 6 nitrogen and oxygen atoms in total. The molecule has 7 rings (SSSR count). The summed E-state index contributed by atoms with van der Waals surface area (Å²) in [7, 11) is 0. The summed E-state index contributed by atoms with van der Waals surface area (Å²) in [5.74, 6) is 0.450. The van der Waals surface area contributed by atoms with Gasteiger partial charge in [0.15, 0.2) is 0 Å². The fourth-order valence-electron chi connectivity index (χ4n) is 7.26. The molecule has 6 heteroatoms. The molecule has 32 heavy (non-hydrogen) atoms. The summed E-state index contributed by atoms with van der Waals surface area (Å²) in [6, 6.07) is 3.71. The van der Waals surface area contributed by atoms with Crippen LogP contribution in [0.4, 0.5) is 0 Å². The van der Waals surface area contributed by atoms with Crippen molar-refractivity contribution in [3.63, 3.8) is 0 Å². The van der Waals surface area contributed by atoms with Crippen LogP contribution in [0.25, 0.3) is 10.9 Å². The molecule has 5 aliphatic rings. The summed E-state index contributed by atoms with van der Waals surface area (Å²) in [6.07, 6.45) is 5.64. The van der Waals surface area contributed by atoms with Crippen LogP contribution in [0.3, 0.4) is 0 Å². The summed E-state index contributed by atoms with van der Waals surface area (Å²) < 4.78 is 0. The highest BCUT2D eigenvalue weighted by Gasteiger charge is 2.72. The molecule has 1 aromatic carbocycles. The van der Waals surface area contributed by atoms with E-state index in [1.807, 2.05) is 11.0 Å². The molecule has 0 saturated carbocycles. The van der Waals surface area contributed by atoms with E-state index >= 15 is 0 Å². The Morgan fingerprint density at radius 1 is 1.28 bits per heavy atom. The van der Waals surface area contributed by atoms with Gasteiger partial charge in [-0.2, -0.15) is 0 Å². The van der Waals surface area contributed by atoms with E-state index in [1.54, 1.807) is 6.07 Å². The van der Waals surface area contributed by atoms with E-state index in [0.717, 1.165) is 47.0 Å². The van der Waals surface area contributed by atoms with Crippen molar-refractivity contribution in [1.29, 1.82) is 0 Å². The van der Waals surface area contributed by atoms with Crippen molar-refractivity contribution in [2.75, 3.05) is 6.54 Å². The number of piperidine rings is 2. The summed E-state index contributed by atoms with van der Waals surface area (Å²) >= 11 is 0. The van der Waals surface area contributed by atoms with Crippen LogP contribution < -0.4 is 5.32 Å². The highest BCUT2D eigenvalue weighted by atomic mass is 16.3. The number of hydrogen-bond donors (Lipinski definition) is 3. The van der Waals surface area contributed by atoms with Gasteiger partial charge in [-0.05, 0) is 57.2 Å². The predicted octanol–water partition coefficient (Wildman–Crippen LogP) is 3.47. The Kier molecular flexibility index (Phi) is 3.71. The van der Waals surface area contributed by atoms with E-state index < -0.39 is 11.1 Å². The highest BCUT2D eigenvalue weighted by Crippen LogP contribution is 2.59. The minimum atomic E-state index is -0.882. The fraction of sp³-hybridized carbons (Fsp3) is 0.538. The summed E-state index contributed by atoms with van der Waals surface area (Å²) in [6.45, 7) is 9.21. The Morgan fingerprint density at radius 2 is 2.06 bits per heavy atom. The number of nitrogens with one attached hydrogen (secondary N) is 2. The molecule has 3 N–H and O–H groups in total. The number of nitrogens with zero attached hydrogens (tertiary/aromatic N) is 1. The lowest BCUT2D eigenvalue weighted by Crippen LogP contribution is -2.84. The third-order valence-corrected chi connectivity index (χ3v) is 8.86. The molecular weight excluding hydrogens is 402 g/mol. The van der Waals surface area contributed by atoms with Crippen LogP contribution in [0.15, 0.2) is 23.8 Å². The maximum atomic E-state index is 13.9. The fourth-order valence-corrected chi connectivity index (χ4v) is 7.26. The minimum absolute atomic E-state index is 0.0324. The van der Waals surface area contributed by atoms with Crippen molar-refractivity contribution >= 4 is 22.7 Å². The van der Waals surface area contributed by atoms with Gasteiger partial charge >= 0.3 is 0 Å². The van der Waals surface area contributed by atoms with E-state index in [9.17, 15) is 14.7 Å². The number of hydrogen-bond acceptors (Lipinski definition) is 3. The predicted molar refractivity (Wildman–Crippen MR) is 122 cm³/mol. The SMILES string of the molecule is CC(C)=CCc1c(O)ccc2c3c([nH]c12)C(C)(C)[C@@H]1C[C@]24CCCN2C(=O)[C@]1(C3)NC4=O. The molecule has 0 radical (unpaired) electrons. The number of phenolic OH excluding ortho intramolecular Hbond substituents is 1. The second-order valence-electron chi connectivity index (χ2n) is 11.1. The van der Waals surface area contributed by atoms with Gasteiger partial charge in [0.25, 0.3) is 0 Å². The van der Waals surface area contributed by atoms with Crippen LogP contribution in [-0.2, 0) is 27.8 Å². The maximum Gasteiger partial charge on any atom is 0.249 e. The Hall–Kier alpha value is -2.76. The molecule has 4 aliphatic heterocycles. The average molecular weight is 434 g/mol. The number of H-pyrrole nitrogens is 1. The van der Waals surface area contributed by atoms with Gasteiger partial charge in [-0.15, -0.1) is 0 Å². The minimum Gasteiger partial charge on any atom is -0.508 e. The number of fused-ring (bicyclic) bond motifs is 4. The van der Waals surface area contributed by atoms with Crippen molar-refractivity contribution in [2.45, 2.75) is 76.3 Å². The molecule has 4 fully saturated rings. The first-order valence-electron chi connectivity index (χ1n) is 11.8.